The number of esters is 1. The minimum absolute atomic E-state index is 0.0119. The standard InChI is InChI=1S/C26H29ClFN3O7S/c1-13(2)9-17(30-25(35)38-26(3,4)5)23(33)37-12-36-21(19-7-6-8-39-19)20-14-10-16(28)15(27)11-18(14)31(22(20)32)24(29)34/h6-8,10-11,13,17H,9,12H2,1-5H3,(H2,29,34)(H,30,35)/b21-20+/t17-/m0/s1. The molecule has 210 valence electrons. The first-order chi connectivity index (χ1) is 18.2. The summed E-state index contributed by atoms with van der Waals surface area (Å²) in [4.78, 5) is 51.6. The summed E-state index contributed by atoms with van der Waals surface area (Å²) in [5.41, 5.74) is 4.50. The van der Waals surface area contributed by atoms with Crippen molar-refractivity contribution in [3.05, 3.63) is 50.9 Å². The number of anilines is 1. The third-order valence-corrected chi connectivity index (χ3v) is 6.40. The van der Waals surface area contributed by atoms with Gasteiger partial charge in [0, 0.05) is 5.56 Å². The summed E-state index contributed by atoms with van der Waals surface area (Å²) in [5, 5.41) is 3.91. The Morgan fingerprint density at radius 3 is 2.46 bits per heavy atom. The number of carbonyl (C=O) groups excluding carboxylic acids is 4. The van der Waals surface area contributed by atoms with Gasteiger partial charge in [0.15, 0.2) is 5.76 Å². The van der Waals surface area contributed by atoms with Gasteiger partial charge in [0.25, 0.3) is 5.91 Å². The van der Waals surface area contributed by atoms with Gasteiger partial charge in [-0.15, -0.1) is 11.3 Å². The molecule has 3 N–H and O–H groups in total. The lowest BCUT2D eigenvalue weighted by atomic mass is 10.0. The lowest BCUT2D eigenvalue weighted by molar-refractivity contribution is -0.154. The molecular weight excluding hydrogens is 553 g/mol. The van der Waals surface area contributed by atoms with Gasteiger partial charge in [-0.05, 0) is 56.7 Å². The number of urea groups is 1. The van der Waals surface area contributed by atoms with Crippen molar-refractivity contribution >= 4 is 64.0 Å². The average Bonchev–Trinajstić information content (AvgIpc) is 3.42. The van der Waals surface area contributed by atoms with E-state index in [-0.39, 0.29) is 39.9 Å². The highest BCUT2D eigenvalue weighted by atomic mass is 35.5. The highest BCUT2D eigenvalue weighted by Gasteiger charge is 2.40. The predicted octanol–water partition coefficient (Wildman–Crippen LogP) is 5.29. The highest BCUT2D eigenvalue weighted by molar-refractivity contribution is 7.11. The first-order valence-electron chi connectivity index (χ1n) is 11.9. The molecule has 1 aliphatic heterocycles. The van der Waals surface area contributed by atoms with Gasteiger partial charge in [-0.1, -0.05) is 31.5 Å². The topological polar surface area (TPSA) is 137 Å². The van der Waals surface area contributed by atoms with Gasteiger partial charge >= 0.3 is 18.1 Å². The summed E-state index contributed by atoms with van der Waals surface area (Å²) < 4.78 is 30.7. The van der Waals surface area contributed by atoms with Gasteiger partial charge in [-0.3, -0.25) is 4.79 Å². The summed E-state index contributed by atoms with van der Waals surface area (Å²) in [6.07, 6.45) is -0.524. The molecule has 0 bridgehead atoms. The average molecular weight is 582 g/mol. The van der Waals surface area contributed by atoms with Crippen LogP contribution in [0.25, 0.3) is 11.3 Å². The van der Waals surface area contributed by atoms with E-state index in [0.717, 1.165) is 12.1 Å². The van der Waals surface area contributed by atoms with Gasteiger partial charge in [-0.25, -0.2) is 23.7 Å². The van der Waals surface area contributed by atoms with Crippen LogP contribution in [0.3, 0.4) is 0 Å². The van der Waals surface area contributed by atoms with Crippen LogP contribution in [-0.2, 0) is 23.8 Å². The summed E-state index contributed by atoms with van der Waals surface area (Å²) in [6, 6.07) is 3.31. The largest absolute Gasteiger partial charge is 0.455 e. The number of carbonyl (C=O) groups is 4. The molecule has 1 aromatic carbocycles. The molecule has 3 rings (SSSR count). The van der Waals surface area contributed by atoms with Gasteiger partial charge in [0.1, 0.15) is 17.5 Å². The van der Waals surface area contributed by atoms with Crippen LogP contribution in [0.2, 0.25) is 5.02 Å². The number of amides is 4. The number of halogens is 2. The summed E-state index contributed by atoms with van der Waals surface area (Å²) >= 11 is 7.08. The van der Waals surface area contributed by atoms with Crippen LogP contribution in [0.5, 0.6) is 0 Å². The van der Waals surface area contributed by atoms with Crippen molar-refractivity contribution < 1.29 is 37.8 Å². The molecule has 2 heterocycles. The second-order valence-corrected chi connectivity index (χ2v) is 11.4. The van der Waals surface area contributed by atoms with Gasteiger partial charge in [0.05, 0.1) is 21.2 Å². The van der Waals surface area contributed by atoms with Gasteiger partial charge < -0.3 is 25.3 Å². The Bertz CT molecular complexity index is 1310. The Kier molecular flexibility index (Phi) is 9.23. The summed E-state index contributed by atoms with van der Waals surface area (Å²) in [6.45, 7) is 8.15. The number of fused-ring (bicyclic) bond motifs is 1. The van der Waals surface area contributed by atoms with E-state index in [1.165, 1.54) is 11.3 Å². The van der Waals surface area contributed by atoms with Crippen molar-refractivity contribution in [3.63, 3.8) is 0 Å². The fourth-order valence-corrected chi connectivity index (χ4v) is 4.64. The van der Waals surface area contributed by atoms with Crippen molar-refractivity contribution in [2.45, 2.75) is 52.7 Å². The SMILES string of the molecule is CC(C)C[C@H](NC(=O)OC(C)(C)C)C(=O)OCO/C(=C1/C(=O)N(C(N)=O)c2cc(Cl)c(F)cc21)c1cccs1. The number of rotatable bonds is 8. The predicted molar refractivity (Wildman–Crippen MR) is 144 cm³/mol. The van der Waals surface area contributed by atoms with E-state index in [2.05, 4.69) is 5.32 Å². The third-order valence-electron chi connectivity index (χ3n) is 5.25. The number of primary amides is 1. The number of thiophene rings is 1. The van der Waals surface area contributed by atoms with Crippen LogP contribution in [0, 0.1) is 11.7 Å². The Labute approximate surface area is 233 Å². The Balaban J connectivity index is 1.89. The van der Waals surface area contributed by atoms with Crippen molar-refractivity contribution in [2.24, 2.45) is 11.7 Å². The quantitative estimate of drug-likeness (QED) is 0.187. The molecule has 0 unspecified atom stereocenters. The van der Waals surface area contributed by atoms with Crippen molar-refractivity contribution in [2.75, 3.05) is 11.7 Å². The summed E-state index contributed by atoms with van der Waals surface area (Å²) in [5.74, 6) is -2.52. The minimum Gasteiger partial charge on any atom is -0.455 e. The number of alkyl carbamates (subject to hydrolysis) is 1. The Hall–Kier alpha value is -3.64. The number of ether oxygens (including phenoxy) is 3. The van der Waals surface area contributed by atoms with E-state index in [0.29, 0.717) is 9.78 Å². The molecule has 0 saturated carbocycles. The van der Waals surface area contributed by atoms with Crippen LogP contribution in [0.4, 0.5) is 19.7 Å². The molecular formula is C26H29ClFN3O7S. The zero-order chi connectivity index (χ0) is 29.1. The smallest absolute Gasteiger partial charge is 0.408 e. The molecule has 13 heteroatoms. The van der Waals surface area contributed by atoms with E-state index in [4.69, 9.17) is 31.5 Å². The minimum atomic E-state index is -1.10. The Morgan fingerprint density at radius 1 is 1.21 bits per heavy atom. The van der Waals surface area contributed by atoms with E-state index in [1.807, 2.05) is 13.8 Å². The van der Waals surface area contributed by atoms with E-state index in [1.54, 1.807) is 38.3 Å². The fourth-order valence-electron chi connectivity index (χ4n) is 3.75. The summed E-state index contributed by atoms with van der Waals surface area (Å²) in [7, 11) is 0. The van der Waals surface area contributed by atoms with E-state index >= 15 is 0 Å². The van der Waals surface area contributed by atoms with E-state index in [9.17, 15) is 23.6 Å². The maximum atomic E-state index is 14.4. The van der Waals surface area contributed by atoms with Gasteiger partial charge in [0.2, 0.25) is 6.79 Å². The first kappa shape index (κ1) is 29.9. The lowest BCUT2D eigenvalue weighted by Crippen LogP contribution is -2.45. The molecule has 4 amide bonds. The number of nitrogens with one attached hydrogen (secondary N) is 1. The number of hydrogen-bond donors (Lipinski definition) is 2. The van der Waals surface area contributed by atoms with Crippen LogP contribution in [0.1, 0.15) is 51.5 Å². The maximum Gasteiger partial charge on any atom is 0.408 e. The lowest BCUT2D eigenvalue weighted by Gasteiger charge is -2.23. The van der Waals surface area contributed by atoms with Crippen molar-refractivity contribution in [1.82, 2.24) is 5.32 Å². The van der Waals surface area contributed by atoms with Gasteiger partial charge in [-0.2, -0.15) is 0 Å². The maximum absolute atomic E-state index is 14.4. The van der Waals surface area contributed by atoms with Crippen LogP contribution in [-0.4, -0.2) is 42.4 Å². The number of nitrogens with two attached hydrogens (primary N) is 1. The van der Waals surface area contributed by atoms with Crippen molar-refractivity contribution in [1.29, 1.82) is 0 Å². The zero-order valence-electron chi connectivity index (χ0n) is 22.0. The molecule has 0 fully saturated rings. The molecule has 39 heavy (non-hydrogen) atoms. The molecule has 0 aliphatic carbocycles. The normalized spacial score (nSPS) is 15.1. The number of hydrogen-bond acceptors (Lipinski definition) is 8. The fraction of sp³-hybridized carbons (Fsp3) is 0.385. The molecule has 2 aromatic rings. The molecule has 0 spiro atoms. The second-order valence-electron chi connectivity index (χ2n) is 10.00. The molecule has 0 radical (unpaired) electrons. The molecule has 1 aromatic heterocycles. The van der Waals surface area contributed by atoms with Crippen LogP contribution < -0.4 is 16.0 Å². The molecule has 1 aliphatic rings. The second kappa shape index (κ2) is 12.0. The zero-order valence-corrected chi connectivity index (χ0v) is 23.6. The first-order valence-corrected chi connectivity index (χ1v) is 13.2. The number of benzene rings is 1. The third kappa shape index (κ3) is 7.27. The molecule has 10 nitrogen and oxygen atoms in total. The van der Waals surface area contributed by atoms with Crippen LogP contribution >= 0.6 is 22.9 Å². The number of nitrogens with zero attached hydrogens (tertiary/aromatic N) is 1. The van der Waals surface area contributed by atoms with Crippen molar-refractivity contribution in [3.8, 4) is 0 Å². The van der Waals surface area contributed by atoms with Crippen LogP contribution in [0.15, 0.2) is 29.6 Å². The molecule has 1 atom stereocenters. The monoisotopic (exact) mass is 581 g/mol. The number of imide groups is 1. The molecule has 0 saturated heterocycles. The Morgan fingerprint density at radius 2 is 1.90 bits per heavy atom. The highest BCUT2D eigenvalue weighted by Crippen LogP contribution is 2.43. The van der Waals surface area contributed by atoms with E-state index < -0.39 is 48.3 Å².